The maximum absolute atomic E-state index is 12.5. The molecule has 5 nitrogen and oxygen atoms in total. The first kappa shape index (κ1) is 15.0. The monoisotopic (exact) mass is 340 g/mol. The number of fused-ring (bicyclic) bond motifs is 2. The van der Waals surface area contributed by atoms with Crippen molar-refractivity contribution < 1.29 is 14.3 Å². The van der Waals surface area contributed by atoms with Crippen LogP contribution in [0.3, 0.4) is 0 Å². The minimum atomic E-state index is -0.236. The van der Waals surface area contributed by atoms with Gasteiger partial charge in [-0.1, -0.05) is 17.4 Å². The molecular weight excluding hydrogens is 324 g/mol. The first-order valence-corrected chi connectivity index (χ1v) is 8.40. The summed E-state index contributed by atoms with van der Waals surface area (Å²) in [4.78, 5) is 17.4. The van der Waals surface area contributed by atoms with Gasteiger partial charge in [0, 0.05) is 24.7 Å². The van der Waals surface area contributed by atoms with Crippen LogP contribution in [0.1, 0.15) is 21.5 Å². The van der Waals surface area contributed by atoms with Crippen molar-refractivity contribution in [3.05, 3.63) is 51.8 Å². The van der Waals surface area contributed by atoms with Gasteiger partial charge in [-0.2, -0.15) is 4.99 Å². The van der Waals surface area contributed by atoms with Gasteiger partial charge >= 0.3 is 0 Å². The molecule has 0 aliphatic carbocycles. The van der Waals surface area contributed by atoms with E-state index in [-0.39, 0.29) is 12.7 Å². The van der Waals surface area contributed by atoms with E-state index in [0.29, 0.717) is 10.4 Å². The second-order valence-electron chi connectivity index (χ2n) is 5.83. The normalized spacial score (nSPS) is 13.7. The van der Waals surface area contributed by atoms with Crippen molar-refractivity contribution in [3.63, 3.8) is 0 Å². The van der Waals surface area contributed by atoms with E-state index in [2.05, 4.69) is 4.99 Å². The molecule has 0 bridgehead atoms. The standard InChI is InChI=1S/C18H16N2O3S/c1-10-4-5-12(6-11(10)2)17(21)19-18-20(3)13-7-14-15(23-9-22-14)8-16(13)24-18/h4-8H,9H2,1-3H3. The number of ether oxygens (including phenoxy) is 2. The van der Waals surface area contributed by atoms with Crippen molar-refractivity contribution in [1.82, 2.24) is 4.57 Å². The molecule has 6 heteroatoms. The Morgan fingerprint density at radius 2 is 1.88 bits per heavy atom. The van der Waals surface area contributed by atoms with E-state index in [1.807, 2.05) is 55.8 Å². The van der Waals surface area contributed by atoms with Crippen LogP contribution in [0.2, 0.25) is 0 Å². The molecule has 0 saturated heterocycles. The number of nitrogens with zero attached hydrogens (tertiary/aromatic N) is 2. The maximum Gasteiger partial charge on any atom is 0.279 e. The van der Waals surface area contributed by atoms with Gasteiger partial charge in [-0.25, -0.2) is 0 Å². The van der Waals surface area contributed by atoms with E-state index in [1.54, 1.807) is 0 Å². The zero-order valence-corrected chi connectivity index (χ0v) is 14.4. The lowest BCUT2D eigenvalue weighted by Crippen LogP contribution is -2.13. The van der Waals surface area contributed by atoms with E-state index >= 15 is 0 Å². The van der Waals surface area contributed by atoms with E-state index in [1.165, 1.54) is 11.3 Å². The van der Waals surface area contributed by atoms with Crippen molar-refractivity contribution in [2.45, 2.75) is 13.8 Å². The van der Waals surface area contributed by atoms with Gasteiger partial charge in [0.1, 0.15) is 0 Å². The van der Waals surface area contributed by atoms with Gasteiger partial charge in [0.05, 0.1) is 10.2 Å². The van der Waals surface area contributed by atoms with E-state index < -0.39 is 0 Å². The van der Waals surface area contributed by atoms with Crippen molar-refractivity contribution in [2.24, 2.45) is 12.0 Å². The lowest BCUT2D eigenvalue weighted by molar-refractivity contribution is 0.0998. The summed E-state index contributed by atoms with van der Waals surface area (Å²) >= 11 is 1.46. The molecule has 0 unspecified atom stereocenters. The highest BCUT2D eigenvalue weighted by Crippen LogP contribution is 2.36. The molecule has 1 aliphatic rings. The molecule has 0 fully saturated rings. The van der Waals surface area contributed by atoms with E-state index in [0.717, 1.165) is 32.8 Å². The van der Waals surface area contributed by atoms with Crippen LogP contribution in [-0.4, -0.2) is 17.3 Å². The number of rotatable bonds is 1. The Morgan fingerprint density at radius 3 is 2.62 bits per heavy atom. The van der Waals surface area contributed by atoms with Gasteiger partial charge in [-0.15, -0.1) is 0 Å². The fraction of sp³-hybridized carbons (Fsp3) is 0.222. The summed E-state index contributed by atoms with van der Waals surface area (Å²) in [7, 11) is 1.90. The Kier molecular flexibility index (Phi) is 3.42. The highest BCUT2D eigenvalue weighted by molar-refractivity contribution is 7.16. The Morgan fingerprint density at radius 1 is 1.12 bits per heavy atom. The lowest BCUT2D eigenvalue weighted by Gasteiger charge is -2.01. The zero-order valence-electron chi connectivity index (χ0n) is 13.6. The van der Waals surface area contributed by atoms with Crippen molar-refractivity contribution in [1.29, 1.82) is 0 Å². The quantitative estimate of drug-likeness (QED) is 0.683. The molecule has 3 aromatic rings. The van der Waals surface area contributed by atoms with Crippen LogP contribution < -0.4 is 14.3 Å². The maximum atomic E-state index is 12.5. The third kappa shape index (κ3) is 2.39. The molecule has 1 aliphatic heterocycles. The van der Waals surface area contributed by atoms with Gasteiger partial charge in [0.2, 0.25) is 6.79 Å². The first-order valence-electron chi connectivity index (χ1n) is 7.58. The number of aromatic nitrogens is 1. The highest BCUT2D eigenvalue weighted by atomic mass is 32.1. The van der Waals surface area contributed by atoms with Crippen LogP contribution in [0.15, 0.2) is 35.3 Å². The van der Waals surface area contributed by atoms with Gasteiger partial charge in [-0.05, 0) is 37.1 Å². The Balaban J connectivity index is 1.80. The SMILES string of the molecule is Cc1ccc(C(=O)N=c2sc3cc4c(cc3n2C)OCO4)cc1C. The van der Waals surface area contributed by atoms with Crippen LogP contribution >= 0.6 is 11.3 Å². The molecule has 122 valence electrons. The Labute approximate surface area is 142 Å². The molecule has 0 N–H and O–H groups in total. The van der Waals surface area contributed by atoms with Gasteiger partial charge in [0.25, 0.3) is 5.91 Å². The van der Waals surface area contributed by atoms with Gasteiger partial charge in [0.15, 0.2) is 16.3 Å². The Bertz CT molecular complexity index is 1050. The molecule has 0 spiro atoms. The second kappa shape index (κ2) is 5.49. The molecular formula is C18H16N2O3S. The molecule has 4 rings (SSSR count). The summed E-state index contributed by atoms with van der Waals surface area (Å²) < 4.78 is 13.7. The minimum Gasteiger partial charge on any atom is -0.454 e. The van der Waals surface area contributed by atoms with Crippen LogP contribution in [0, 0.1) is 13.8 Å². The predicted molar refractivity (Wildman–Crippen MR) is 92.7 cm³/mol. The van der Waals surface area contributed by atoms with Crippen molar-refractivity contribution in [2.75, 3.05) is 6.79 Å². The first-order chi connectivity index (χ1) is 11.5. The average molecular weight is 340 g/mol. The second-order valence-corrected chi connectivity index (χ2v) is 6.84. The van der Waals surface area contributed by atoms with E-state index in [4.69, 9.17) is 9.47 Å². The molecule has 2 aromatic carbocycles. The molecule has 1 amide bonds. The molecule has 0 saturated carbocycles. The van der Waals surface area contributed by atoms with Crippen LogP contribution in [0.4, 0.5) is 0 Å². The molecule has 24 heavy (non-hydrogen) atoms. The lowest BCUT2D eigenvalue weighted by atomic mass is 10.1. The van der Waals surface area contributed by atoms with Crippen LogP contribution in [0.25, 0.3) is 10.2 Å². The number of carbonyl (C=O) groups excluding carboxylic acids is 1. The largest absolute Gasteiger partial charge is 0.454 e. The average Bonchev–Trinajstić information content (AvgIpc) is 3.13. The summed E-state index contributed by atoms with van der Waals surface area (Å²) in [5.41, 5.74) is 3.82. The number of thiazole rings is 1. The summed E-state index contributed by atoms with van der Waals surface area (Å²) in [5.74, 6) is 1.22. The predicted octanol–water partition coefficient (Wildman–Crippen LogP) is 3.33. The number of hydrogen-bond acceptors (Lipinski definition) is 4. The number of amides is 1. The van der Waals surface area contributed by atoms with Gasteiger partial charge in [-0.3, -0.25) is 4.79 Å². The van der Waals surface area contributed by atoms with Gasteiger partial charge < -0.3 is 14.0 Å². The summed E-state index contributed by atoms with van der Waals surface area (Å²) in [6, 6.07) is 9.50. The Hall–Kier alpha value is -2.60. The fourth-order valence-corrected chi connectivity index (χ4v) is 3.68. The smallest absolute Gasteiger partial charge is 0.279 e. The van der Waals surface area contributed by atoms with Crippen molar-refractivity contribution in [3.8, 4) is 11.5 Å². The highest BCUT2D eigenvalue weighted by Gasteiger charge is 2.17. The van der Waals surface area contributed by atoms with Crippen LogP contribution in [0.5, 0.6) is 11.5 Å². The molecule has 0 radical (unpaired) electrons. The fourth-order valence-electron chi connectivity index (χ4n) is 2.65. The summed E-state index contributed by atoms with van der Waals surface area (Å²) in [6.07, 6.45) is 0. The molecule has 2 heterocycles. The zero-order chi connectivity index (χ0) is 16.8. The van der Waals surface area contributed by atoms with Crippen molar-refractivity contribution >= 4 is 27.5 Å². The number of hydrogen-bond donors (Lipinski definition) is 0. The number of aryl methyl sites for hydroxylation is 3. The summed E-state index contributed by atoms with van der Waals surface area (Å²) in [5, 5.41) is 0. The minimum absolute atomic E-state index is 0.236. The topological polar surface area (TPSA) is 52.8 Å². The number of carbonyl (C=O) groups is 1. The third-order valence-corrected chi connectivity index (χ3v) is 5.35. The van der Waals surface area contributed by atoms with Crippen LogP contribution in [-0.2, 0) is 7.05 Å². The molecule has 0 atom stereocenters. The third-order valence-electron chi connectivity index (χ3n) is 4.25. The molecule has 1 aromatic heterocycles. The number of benzene rings is 2. The summed E-state index contributed by atoms with van der Waals surface area (Å²) in [6.45, 7) is 4.27. The van der Waals surface area contributed by atoms with E-state index in [9.17, 15) is 4.79 Å².